The van der Waals surface area contributed by atoms with Crippen LogP contribution in [0.3, 0.4) is 0 Å². The second-order valence-electron chi connectivity index (χ2n) is 4.54. The van der Waals surface area contributed by atoms with Crippen molar-refractivity contribution in [3.05, 3.63) is 63.4 Å². The Hall–Kier alpha value is -1.82. The summed E-state index contributed by atoms with van der Waals surface area (Å²) in [5, 5.41) is 5.81. The number of imidazole rings is 1. The summed E-state index contributed by atoms with van der Waals surface area (Å²) in [5.41, 5.74) is 1.56. The third kappa shape index (κ3) is 3.50. The number of hydrogen-bond acceptors (Lipinski definition) is 3. The molecule has 0 aliphatic heterocycles. The topological polar surface area (TPSA) is 46.4 Å². The lowest BCUT2D eigenvalue weighted by Gasteiger charge is -2.00. The Bertz CT molecular complexity index is 825. The monoisotopic (exact) mass is 351 g/mol. The van der Waals surface area contributed by atoms with Crippen LogP contribution in [0, 0.1) is 0 Å². The Kier molecular flexibility index (Phi) is 4.47. The number of benzene rings is 1. The molecule has 2 heterocycles. The van der Waals surface area contributed by atoms with Gasteiger partial charge in [0.15, 0.2) is 4.96 Å². The number of amides is 1. The van der Waals surface area contributed by atoms with Gasteiger partial charge in [0.1, 0.15) is 0 Å². The van der Waals surface area contributed by atoms with Crippen LogP contribution in [0.15, 0.2) is 42.0 Å². The number of rotatable bonds is 4. The first kappa shape index (κ1) is 15.1. The summed E-state index contributed by atoms with van der Waals surface area (Å²) in [6.45, 7) is 0.381. The van der Waals surface area contributed by atoms with Crippen molar-refractivity contribution in [1.82, 2.24) is 14.7 Å². The molecular formula is C15H11Cl2N3OS. The van der Waals surface area contributed by atoms with Crippen molar-refractivity contribution < 1.29 is 4.79 Å². The number of fused-ring (bicyclic) bond motifs is 1. The van der Waals surface area contributed by atoms with E-state index in [0.717, 1.165) is 16.2 Å². The highest BCUT2D eigenvalue weighted by molar-refractivity contribution is 7.15. The predicted octanol–water partition coefficient (Wildman–Crippen LogP) is 4.03. The summed E-state index contributed by atoms with van der Waals surface area (Å²) >= 11 is 13.4. The Morgan fingerprint density at radius 3 is 3.05 bits per heavy atom. The molecule has 1 N–H and O–H groups in total. The molecule has 0 radical (unpaired) electrons. The lowest BCUT2D eigenvalue weighted by Crippen LogP contribution is -2.20. The summed E-state index contributed by atoms with van der Waals surface area (Å²) in [4.78, 5) is 17.1. The van der Waals surface area contributed by atoms with E-state index in [-0.39, 0.29) is 5.91 Å². The van der Waals surface area contributed by atoms with Crippen molar-refractivity contribution in [2.75, 3.05) is 0 Å². The minimum Gasteiger partial charge on any atom is -0.347 e. The van der Waals surface area contributed by atoms with E-state index >= 15 is 0 Å². The van der Waals surface area contributed by atoms with Crippen LogP contribution in [-0.4, -0.2) is 15.3 Å². The van der Waals surface area contributed by atoms with E-state index in [1.807, 2.05) is 22.2 Å². The molecule has 3 rings (SSSR count). The molecular weight excluding hydrogens is 341 g/mol. The lowest BCUT2D eigenvalue weighted by molar-refractivity contribution is -0.116. The zero-order valence-corrected chi connectivity index (χ0v) is 13.6. The Morgan fingerprint density at radius 2 is 2.27 bits per heavy atom. The summed E-state index contributed by atoms with van der Waals surface area (Å²) in [6, 6.07) is 5.12. The molecule has 112 valence electrons. The maximum absolute atomic E-state index is 11.8. The molecule has 22 heavy (non-hydrogen) atoms. The molecule has 3 aromatic rings. The molecule has 0 aliphatic rings. The van der Waals surface area contributed by atoms with Gasteiger partial charge in [0.2, 0.25) is 5.91 Å². The molecule has 1 aromatic carbocycles. The van der Waals surface area contributed by atoms with Crippen LogP contribution in [-0.2, 0) is 11.3 Å². The van der Waals surface area contributed by atoms with Gasteiger partial charge in [0, 0.05) is 33.9 Å². The van der Waals surface area contributed by atoms with Gasteiger partial charge in [-0.2, -0.15) is 0 Å². The van der Waals surface area contributed by atoms with Gasteiger partial charge in [0.05, 0.1) is 12.2 Å². The SMILES string of the molecule is O=C(/C=C/c1ccc(Cl)cc1Cl)NCc1cn2ccsc2n1. The number of nitrogens with one attached hydrogen (secondary N) is 1. The third-order valence-corrected chi connectivity index (χ3v) is 4.30. The molecule has 0 bridgehead atoms. The van der Waals surface area contributed by atoms with Crippen molar-refractivity contribution in [1.29, 1.82) is 0 Å². The van der Waals surface area contributed by atoms with Gasteiger partial charge in [-0.1, -0.05) is 29.3 Å². The highest BCUT2D eigenvalue weighted by Gasteiger charge is 2.04. The third-order valence-electron chi connectivity index (χ3n) is 2.96. The Labute approximate surface area is 141 Å². The van der Waals surface area contributed by atoms with Gasteiger partial charge in [-0.15, -0.1) is 11.3 Å². The number of carbonyl (C=O) groups excluding carboxylic acids is 1. The first-order valence-corrected chi connectivity index (χ1v) is 8.07. The second-order valence-corrected chi connectivity index (χ2v) is 6.26. The van der Waals surface area contributed by atoms with Crippen molar-refractivity contribution in [3.63, 3.8) is 0 Å². The molecule has 0 saturated carbocycles. The number of carbonyl (C=O) groups is 1. The number of hydrogen-bond donors (Lipinski definition) is 1. The van der Waals surface area contributed by atoms with Gasteiger partial charge < -0.3 is 5.32 Å². The molecule has 0 fully saturated rings. The fraction of sp³-hybridized carbons (Fsp3) is 0.0667. The van der Waals surface area contributed by atoms with E-state index in [1.165, 1.54) is 6.08 Å². The first-order chi connectivity index (χ1) is 10.6. The standard InChI is InChI=1S/C15H11Cl2N3OS/c16-11-3-1-10(13(17)7-11)2-4-14(21)18-8-12-9-20-5-6-22-15(20)19-12/h1-7,9H,8H2,(H,18,21)/b4-2+. The highest BCUT2D eigenvalue weighted by atomic mass is 35.5. The van der Waals surface area contributed by atoms with Crippen LogP contribution >= 0.6 is 34.5 Å². The minimum absolute atomic E-state index is 0.206. The summed E-state index contributed by atoms with van der Waals surface area (Å²) < 4.78 is 1.93. The molecule has 4 nitrogen and oxygen atoms in total. The maximum Gasteiger partial charge on any atom is 0.244 e. The smallest absolute Gasteiger partial charge is 0.244 e. The number of thiazole rings is 1. The molecule has 0 saturated heterocycles. The maximum atomic E-state index is 11.8. The Balaban J connectivity index is 1.60. The van der Waals surface area contributed by atoms with Crippen molar-refractivity contribution >= 4 is 51.5 Å². The van der Waals surface area contributed by atoms with Crippen molar-refractivity contribution in [2.45, 2.75) is 6.54 Å². The second kappa shape index (κ2) is 6.52. The molecule has 0 spiro atoms. The molecule has 1 amide bonds. The Morgan fingerprint density at radius 1 is 1.41 bits per heavy atom. The van der Waals surface area contributed by atoms with Gasteiger partial charge in [0.25, 0.3) is 0 Å². The van der Waals surface area contributed by atoms with Gasteiger partial charge in [-0.25, -0.2) is 4.98 Å². The van der Waals surface area contributed by atoms with Crippen LogP contribution in [0.25, 0.3) is 11.0 Å². The van der Waals surface area contributed by atoms with Crippen LogP contribution < -0.4 is 5.32 Å². The number of nitrogens with zero attached hydrogens (tertiary/aromatic N) is 2. The van der Waals surface area contributed by atoms with Gasteiger partial charge in [-0.3, -0.25) is 9.20 Å². The minimum atomic E-state index is -0.206. The molecule has 2 aromatic heterocycles. The fourth-order valence-corrected chi connectivity index (χ4v) is 3.09. The average Bonchev–Trinajstić information content (AvgIpc) is 3.05. The molecule has 0 aliphatic carbocycles. The van der Waals surface area contributed by atoms with Crippen LogP contribution in [0.4, 0.5) is 0 Å². The average molecular weight is 352 g/mol. The van der Waals surface area contributed by atoms with Gasteiger partial charge in [-0.05, 0) is 23.8 Å². The van der Waals surface area contributed by atoms with Crippen LogP contribution in [0.1, 0.15) is 11.3 Å². The van der Waals surface area contributed by atoms with Crippen molar-refractivity contribution in [3.8, 4) is 0 Å². The lowest BCUT2D eigenvalue weighted by atomic mass is 10.2. The number of aromatic nitrogens is 2. The van der Waals surface area contributed by atoms with E-state index < -0.39 is 0 Å². The largest absolute Gasteiger partial charge is 0.347 e. The molecule has 0 unspecified atom stereocenters. The molecule has 0 atom stereocenters. The van der Waals surface area contributed by atoms with Crippen LogP contribution in [0.5, 0.6) is 0 Å². The fourth-order valence-electron chi connectivity index (χ4n) is 1.90. The quantitative estimate of drug-likeness (QED) is 0.721. The normalized spacial score (nSPS) is 11.4. The van der Waals surface area contributed by atoms with E-state index in [2.05, 4.69) is 10.3 Å². The van der Waals surface area contributed by atoms with E-state index in [4.69, 9.17) is 23.2 Å². The van der Waals surface area contributed by atoms with Gasteiger partial charge >= 0.3 is 0 Å². The summed E-state index contributed by atoms with van der Waals surface area (Å²) in [6.07, 6.45) is 6.92. The van der Waals surface area contributed by atoms with Crippen LogP contribution in [0.2, 0.25) is 10.0 Å². The number of halogens is 2. The van der Waals surface area contributed by atoms with E-state index in [0.29, 0.717) is 16.6 Å². The van der Waals surface area contributed by atoms with E-state index in [1.54, 1.807) is 35.6 Å². The van der Waals surface area contributed by atoms with Crippen molar-refractivity contribution in [2.24, 2.45) is 0 Å². The summed E-state index contributed by atoms with van der Waals surface area (Å²) in [5.74, 6) is -0.206. The zero-order valence-electron chi connectivity index (χ0n) is 11.3. The zero-order chi connectivity index (χ0) is 15.5. The highest BCUT2D eigenvalue weighted by Crippen LogP contribution is 2.21. The predicted molar refractivity (Wildman–Crippen MR) is 90.4 cm³/mol. The van der Waals surface area contributed by atoms with E-state index in [9.17, 15) is 4.79 Å². The summed E-state index contributed by atoms with van der Waals surface area (Å²) in [7, 11) is 0. The molecule has 7 heteroatoms. The first-order valence-electron chi connectivity index (χ1n) is 6.44.